The molecule has 0 spiro atoms. The summed E-state index contributed by atoms with van der Waals surface area (Å²) in [5.74, 6) is 1.45. The van der Waals surface area contributed by atoms with Gasteiger partial charge in [0, 0.05) is 6.61 Å². The molecule has 4 nitrogen and oxygen atoms in total. The van der Waals surface area contributed by atoms with E-state index in [1.54, 1.807) is 0 Å². The van der Waals surface area contributed by atoms with E-state index in [4.69, 9.17) is 16.3 Å². The molecule has 0 bridgehead atoms. The highest BCUT2D eigenvalue weighted by molar-refractivity contribution is 6.20. The summed E-state index contributed by atoms with van der Waals surface area (Å²) in [6.07, 6.45) is 2.21. The van der Waals surface area contributed by atoms with Crippen molar-refractivity contribution >= 4 is 11.6 Å². The van der Waals surface area contributed by atoms with Crippen LogP contribution in [0, 0.1) is 0 Å². The number of nitrogens with one attached hydrogen (secondary N) is 1. The Kier molecular flexibility index (Phi) is 2.51. The number of alkyl halides is 1. The van der Waals surface area contributed by atoms with Crippen molar-refractivity contribution in [2.24, 2.45) is 0 Å². The van der Waals surface area contributed by atoms with Gasteiger partial charge in [-0.1, -0.05) is 0 Å². The summed E-state index contributed by atoms with van der Waals surface area (Å²) in [4.78, 5) is 4.27. The van der Waals surface area contributed by atoms with Crippen molar-refractivity contribution in [3.63, 3.8) is 0 Å². The Morgan fingerprint density at radius 3 is 3.08 bits per heavy atom. The van der Waals surface area contributed by atoms with Crippen molar-refractivity contribution in [1.29, 1.82) is 0 Å². The molecule has 13 heavy (non-hydrogen) atoms. The second-order valence-electron chi connectivity index (χ2n) is 3.20. The monoisotopic (exact) mass is 201 g/mol. The van der Waals surface area contributed by atoms with Crippen molar-refractivity contribution in [2.45, 2.75) is 31.2 Å². The minimum atomic E-state index is -0.147. The van der Waals surface area contributed by atoms with E-state index < -0.39 is 0 Å². The van der Waals surface area contributed by atoms with Gasteiger partial charge in [0.2, 0.25) is 0 Å². The Morgan fingerprint density at radius 1 is 1.69 bits per heavy atom. The average molecular weight is 202 g/mol. The molecule has 2 unspecified atom stereocenters. The topological polar surface area (TPSA) is 50.8 Å². The van der Waals surface area contributed by atoms with Gasteiger partial charge in [-0.2, -0.15) is 5.10 Å². The number of rotatable bonds is 2. The van der Waals surface area contributed by atoms with Gasteiger partial charge in [-0.05, 0) is 19.8 Å². The van der Waals surface area contributed by atoms with Crippen molar-refractivity contribution in [3.05, 3.63) is 11.6 Å². The summed E-state index contributed by atoms with van der Waals surface area (Å²) in [6.45, 7) is 2.67. The Labute approximate surface area is 81.6 Å². The molecule has 1 aliphatic rings. The minimum Gasteiger partial charge on any atom is -0.370 e. The fourth-order valence-corrected chi connectivity index (χ4v) is 1.50. The van der Waals surface area contributed by atoms with Gasteiger partial charge in [-0.25, -0.2) is 4.98 Å². The molecule has 1 aromatic heterocycles. The molecule has 0 amide bonds. The molecule has 5 heteroatoms. The first-order chi connectivity index (χ1) is 6.27. The van der Waals surface area contributed by atoms with Gasteiger partial charge >= 0.3 is 0 Å². The second-order valence-corrected chi connectivity index (χ2v) is 3.85. The van der Waals surface area contributed by atoms with Crippen LogP contribution in [0.3, 0.4) is 0 Å². The smallest absolute Gasteiger partial charge is 0.168 e. The number of halogens is 1. The molecule has 1 aliphatic heterocycles. The van der Waals surface area contributed by atoms with Crippen LogP contribution in [-0.2, 0) is 4.74 Å². The first-order valence-corrected chi connectivity index (χ1v) is 4.89. The molecule has 2 heterocycles. The fraction of sp³-hybridized carbons (Fsp3) is 0.750. The molecular formula is C8H12ClN3O. The largest absolute Gasteiger partial charge is 0.370 e. The molecule has 1 aromatic rings. The van der Waals surface area contributed by atoms with Gasteiger partial charge in [0.15, 0.2) is 11.6 Å². The van der Waals surface area contributed by atoms with Crippen LogP contribution in [0.5, 0.6) is 0 Å². The number of aromatic amines is 1. The van der Waals surface area contributed by atoms with Crippen LogP contribution in [0.1, 0.15) is 42.9 Å². The van der Waals surface area contributed by atoms with Gasteiger partial charge in [-0.15, -0.1) is 11.6 Å². The number of nitrogens with zero attached hydrogens (tertiary/aromatic N) is 2. The van der Waals surface area contributed by atoms with E-state index in [0.717, 1.165) is 25.3 Å². The zero-order chi connectivity index (χ0) is 9.26. The molecule has 0 aliphatic carbocycles. The summed E-state index contributed by atoms with van der Waals surface area (Å²) in [7, 11) is 0. The number of ether oxygens (including phenoxy) is 1. The molecule has 1 saturated heterocycles. The first kappa shape index (κ1) is 8.97. The molecule has 0 saturated carbocycles. The third-order valence-electron chi connectivity index (χ3n) is 2.11. The van der Waals surface area contributed by atoms with Gasteiger partial charge in [0.1, 0.15) is 6.10 Å². The standard InChI is InChI=1S/C8H12ClN3O/c1-5(9)7-10-8(12-11-7)6-3-2-4-13-6/h5-6H,2-4H2,1H3,(H,10,11,12). The van der Waals surface area contributed by atoms with Gasteiger partial charge in [-0.3, -0.25) is 5.10 Å². The molecule has 2 atom stereocenters. The number of H-pyrrole nitrogens is 1. The van der Waals surface area contributed by atoms with Crippen molar-refractivity contribution in [3.8, 4) is 0 Å². The van der Waals surface area contributed by atoms with Crippen LogP contribution in [0.4, 0.5) is 0 Å². The van der Waals surface area contributed by atoms with E-state index in [1.807, 2.05) is 6.92 Å². The van der Waals surface area contributed by atoms with Gasteiger partial charge in [0.25, 0.3) is 0 Å². The number of aromatic nitrogens is 3. The maximum Gasteiger partial charge on any atom is 0.168 e. The Bertz CT molecular complexity index is 281. The summed E-state index contributed by atoms with van der Waals surface area (Å²) in [5, 5.41) is 6.72. The lowest BCUT2D eigenvalue weighted by Crippen LogP contribution is -1.98. The summed E-state index contributed by atoms with van der Waals surface area (Å²) >= 11 is 5.84. The zero-order valence-electron chi connectivity index (χ0n) is 7.46. The van der Waals surface area contributed by atoms with Crippen molar-refractivity contribution < 1.29 is 4.74 Å². The third-order valence-corrected chi connectivity index (χ3v) is 2.31. The van der Waals surface area contributed by atoms with E-state index in [1.165, 1.54) is 0 Å². The molecule has 72 valence electrons. The summed E-state index contributed by atoms with van der Waals surface area (Å²) < 4.78 is 5.46. The molecule has 2 rings (SSSR count). The molecule has 0 radical (unpaired) electrons. The maximum absolute atomic E-state index is 5.84. The van der Waals surface area contributed by atoms with E-state index in [-0.39, 0.29) is 11.5 Å². The maximum atomic E-state index is 5.84. The second kappa shape index (κ2) is 3.64. The Balaban J connectivity index is 2.12. The quantitative estimate of drug-likeness (QED) is 0.745. The molecular weight excluding hydrogens is 190 g/mol. The predicted octanol–water partition coefficient (Wildman–Crippen LogP) is 1.96. The van der Waals surface area contributed by atoms with E-state index in [2.05, 4.69) is 15.2 Å². The van der Waals surface area contributed by atoms with Crippen LogP contribution < -0.4 is 0 Å². The highest BCUT2D eigenvalue weighted by Gasteiger charge is 2.21. The highest BCUT2D eigenvalue weighted by atomic mass is 35.5. The van der Waals surface area contributed by atoms with Crippen LogP contribution in [0.25, 0.3) is 0 Å². The van der Waals surface area contributed by atoms with Gasteiger partial charge < -0.3 is 4.74 Å². The molecule has 1 fully saturated rings. The summed E-state index contributed by atoms with van der Waals surface area (Å²) in [6, 6.07) is 0. The number of hydrogen-bond acceptors (Lipinski definition) is 3. The van der Waals surface area contributed by atoms with E-state index >= 15 is 0 Å². The SMILES string of the molecule is CC(Cl)c1n[nH]c(C2CCCO2)n1. The van der Waals surface area contributed by atoms with Crippen molar-refractivity contribution in [2.75, 3.05) is 6.61 Å². The van der Waals surface area contributed by atoms with E-state index in [0.29, 0.717) is 5.82 Å². The molecule has 1 N–H and O–H groups in total. The summed E-state index contributed by atoms with van der Waals surface area (Å²) in [5.41, 5.74) is 0. The lowest BCUT2D eigenvalue weighted by Gasteiger charge is -2.02. The minimum absolute atomic E-state index is 0.0941. The third kappa shape index (κ3) is 1.84. The Hall–Kier alpha value is -0.610. The van der Waals surface area contributed by atoms with Crippen LogP contribution in [-0.4, -0.2) is 21.8 Å². The zero-order valence-corrected chi connectivity index (χ0v) is 8.21. The predicted molar refractivity (Wildman–Crippen MR) is 48.6 cm³/mol. The van der Waals surface area contributed by atoms with Crippen LogP contribution in [0.15, 0.2) is 0 Å². The normalized spacial score (nSPS) is 24.9. The highest BCUT2D eigenvalue weighted by Crippen LogP contribution is 2.26. The first-order valence-electron chi connectivity index (χ1n) is 4.45. The van der Waals surface area contributed by atoms with Crippen LogP contribution in [0.2, 0.25) is 0 Å². The lowest BCUT2D eigenvalue weighted by atomic mass is 10.2. The molecule has 0 aromatic carbocycles. The van der Waals surface area contributed by atoms with Crippen LogP contribution >= 0.6 is 11.6 Å². The number of hydrogen-bond donors (Lipinski definition) is 1. The average Bonchev–Trinajstić information content (AvgIpc) is 2.75. The van der Waals surface area contributed by atoms with E-state index in [9.17, 15) is 0 Å². The van der Waals surface area contributed by atoms with Gasteiger partial charge in [0.05, 0.1) is 5.38 Å². The lowest BCUT2D eigenvalue weighted by molar-refractivity contribution is 0.105. The fourth-order valence-electron chi connectivity index (χ4n) is 1.40. The Morgan fingerprint density at radius 2 is 2.54 bits per heavy atom. The van der Waals surface area contributed by atoms with Crippen molar-refractivity contribution in [1.82, 2.24) is 15.2 Å².